The summed E-state index contributed by atoms with van der Waals surface area (Å²) < 4.78 is 4.20. The molecule has 2 atom stereocenters. The number of aromatic nitrogens is 2. The molecule has 6 bridgehead atoms. The van der Waals surface area contributed by atoms with Gasteiger partial charge in [0.2, 0.25) is 0 Å². The quantitative estimate of drug-likeness (QED) is 0.152. The number of rotatable bonds is 12. The van der Waals surface area contributed by atoms with E-state index < -0.39 is 76.8 Å². The molecule has 2 amide bonds. The summed E-state index contributed by atoms with van der Waals surface area (Å²) in [5, 5.41) is 42.3. The van der Waals surface area contributed by atoms with Crippen molar-refractivity contribution in [2.24, 2.45) is 21.8 Å². The standard InChI is InChI=1S/C38H42N6O8.3Na.2H2O.Sn/c1-7-21-17(3)25-12-27-19(5)23(9-10-33(47)48)36(43-27)24(11-31(45)39-15-32(46)40-16-34(49)50)37-35(38(51)52)20(6)28(44-37)14-30-22(8-2)18(4)26(42-30)13-29(21)41-25;;;;;;/h7,12-14,19,23H,1,8-11,15-16H2,2-6H3,(H7,39,40,41,42,43,44,45,46,47,48,49,50,51,52);;;;2*1H2;/q;3*+1;;;+2/p-3. The van der Waals surface area contributed by atoms with E-state index in [0.717, 1.165) is 38.7 Å². The van der Waals surface area contributed by atoms with Crippen LogP contribution in [0.1, 0.15) is 84.9 Å². The van der Waals surface area contributed by atoms with Gasteiger partial charge in [0, 0.05) is 0 Å². The number of allylic oxidation sites excluding steroid dienone is 3. The molecule has 6 heterocycles. The van der Waals surface area contributed by atoms with Crippen LogP contribution in [0.4, 0.5) is 0 Å². The van der Waals surface area contributed by atoms with E-state index in [9.17, 15) is 39.3 Å². The zero-order chi connectivity index (χ0) is 38.5. The third-order valence-electron chi connectivity index (χ3n) is 10.3. The van der Waals surface area contributed by atoms with Crippen LogP contribution in [0.3, 0.4) is 0 Å². The van der Waals surface area contributed by atoms with Crippen LogP contribution in [0.15, 0.2) is 39.1 Å². The fraction of sp³-hybridized carbons (Fsp3) is 0.342. The second-order valence-corrected chi connectivity index (χ2v) is 16.5. The maximum Gasteiger partial charge on any atom is 1.00 e. The first-order valence-electron chi connectivity index (χ1n) is 17.2. The topological polar surface area (TPSA) is 279 Å². The molecular formula is C38H43N6Na3O10Sn+2. The van der Waals surface area contributed by atoms with Gasteiger partial charge in [0.05, 0.1) is 0 Å². The van der Waals surface area contributed by atoms with E-state index in [4.69, 9.17) is 9.98 Å². The van der Waals surface area contributed by atoms with E-state index in [1.807, 2.05) is 48.7 Å². The second kappa shape index (κ2) is 22.0. The summed E-state index contributed by atoms with van der Waals surface area (Å²) in [5.41, 5.74) is 7.72. The first-order valence-corrected chi connectivity index (χ1v) is 19.8. The van der Waals surface area contributed by atoms with E-state index >= 15 is 0 Å². The van der Waals surface area contributed by atoms with Gasteiger partial charge in [-0.25, -0.2) is 0 Å². The average Bonchev–Trinajstić information content (AvgIpc) is 3.75. The zero-order valence-corrected chi connectivity index (χ0v) is 43.0. The summed E-state index contributed by atoms with van der Waals surface area (Å²) in [6.45, 7) is 12.5. The van der Waals surface area contributed by atoms with E-state index in [0.29, 0.717) is 34.8 Å². The Hall–Kier alpha value is -2.33. The number of carboxylic acids is 3. The van der Waals surface area contributed by atoms with Crippen LogP contribution in [0, 0.1) is 25.7 Å². The first kappa shape index (κ1) is 53.7. The number of carbonyl (C=O) groups is 5. The van der Waals surface area contributed by atoms with Crippen molar-refractivity contribution in [1.29, 1.82) is 0 Å². The smallest absolute Gasteiger partial charge is 0.457 e. The van der Waals surface area contributed by atoms with Crippen molar-refractivity contribution in [1.82, 2.24) is 16.2 Å². The van der Waals surface area contributed by atoms with Crippen LogP contribution >= 0.6 is 0 Å². The van der Waals surface area contributed by atoms with Crippen molar-refractivity contribution < 1.29 is 139 Å². The molecule has 290 valence electrons. The molecule has 0 fully saturated rings. The molecule has 2 aromatic rings. The predicted octanol–water partition coefficient (Wildman–Crippen LogP) is -12.6. The predicted molar refractivity (Wildman–Crippen MR) is 203 cm³/mol. The van der Waals surface area contributed by atoms with Crippen molar-refractivity contribution >= 4 is 92.7 Å². The minimum absolute atomic E-state index is 0. The van der Waals surface area contributed by atoms with Gasteiger partial charge in [-0.2, -0.15) is 0 Å². The summed E-state index contributed by atoms with van der Waals surface area (Å²) in [7, 11) is 0. The molecule has 58 heavy (non-hydrogen) atoms. The molecule has 0 aliphatic carbocycles. The largest absolute Gasteiger partial charge is 1.00 e. The molecule has 4 aliphatic heterocycles. The number of aromatic carboxylic acids is 1. The molecule has 8 N–H and O–H groups in total. The van der Waals surface area contributed by atoms with Gasteiger partial charge < -0.3 is 11.0 Å². The number of nitrogens with one attached hydrogen (secondary N) is 2. The van der Waals surface area contributed by atoms with Crippen LogP contribution in [0.2, 0.25) is 0 Å². The fourth-order valence-electron chi connectivity index (χ4n) is 7.59. The summed E-state index contributed by atoms with van der Waals surface area (Å²) in [6, 6.07) is 0. The number of hydrogen-bond donors (Lipinski definition) is 2. The van der Waals surface area contributed by atoms with E-state index in [1.165, 1.54) is 0 Å². The molecule has 20 heteroatoms. The van der Waals surface area contributed by atoms with Gasteiger partial charge in [-0.05, 0) is 0 Å². The Morgan fingerprint density at radius 1 is 0.862 bits per heavy atom. The molecule has 0 saturated heterocycles. The van der Waals surface area contributed by atoms with Crippen LogP contribution in [0.25, 0.3) is 29.9 Å². The minimum Gasteiger partial charge on any atom is -0.457 e. The number of amides is 2. The first-order chi connectivity index (χ1) is 25.2. The van der Waals surface area contributed by atoms with Gasteiger partial charge >= 0.3 is 406 Å². The number of nitrogens with zero attached hydrogens (tertiary/aromatic N) is 4. The molecule has 16 nitrogen and oxygen atoms in total. The number of carboxylic acid groups (broad SMARTS) is 3. The third-order valence-corrected chi connectivity index (χ3v) is 14.2. The van der Waals surface area contributed by atoms with Crippen LogP contribution in [-0.4, -0.2) is 81.5 Å². The SMILES string of the molecule is C=Cc1c(C)c2[n]3c1=CC1=NC(=Cc4c(C)c(C(=O)[O-])c([n]4[Sn]3)C(CC(=O)NCC(=O)NCC(=O)[O-])=C3N=C(C=2)C(C)C3CCC(=O)[O-])C(CC)=C1C.[Na+].[Na+].[Na+].[OH3+].[OH3+]. The molecule has 0 spiro atoms. The Kier molecular flexibility index (Phi) is 20.3. The van der Waals surface area contributed by atoms with Crippen LogP contribution < -0.4 is 125 Å². The Morgan fingerprint density at radius 3 is 2.10 bits per heavy atom. The third kappa shape index (κ3) is 10.2. The summed E-state index contributed by atoms with van der Waals surface area (Å²) in [6.07, 6.45) is 7.78. The molecule has 0 aromatic carbocycles. The number of aliphatic imine (C=N–C) groups is 2. The second-order valence-electron chi connectivity index (χ2n) is 13.4. The molecule has 4 aliphatic rings. The van der Waals surface area contributed by atoms with E-state index in [2.05, 4.69) is 20.0 Å². The minimum atomic E-state index is -2.18. The number of aliphatic carboxylic acids is 2. The Morgan fingerprint density at radius 2 is 1.52 bits per heavy atom. The van der Waals surface area contributed by atoms with Crippen molar-refractivity contribution in [2.45, 2.75) is 60.3 Å². The van der Waals surface area contributed by atoms with Gasteiger partial charge in [0.1, 0.15) is 0 Å². The molecule has 6 rings (SSSR count). The van der Waals surface area contributed by atoms with Gasteiger partial charge in [-0.1, -0.05) is 0 Å². The molecule has 0 saturated carbocycles. The van der Waals surface area contributed by atoms with Crippen molar-refractivity contribution in [3.8, 4) is 0 Å². The Balaban J connectivity index is 0.00000336. The van der Waals surface area contributed by atoms with Crippen LogP contribution in [0.5, 0.6) is 0 Å². The van der Waals surface area contributed by atoms with Crippen molar-refractivity contribution in [3.05, 3.63) is 73.5 Å². The van der Waals surface area contributed by atoms with Crippen LogP contribution in [-0.2, 0) is 30.1 Å². The maximum absolute atomic E-state index is 13.7. The van der Waals surface area contributed by atoms with E-state index in [-0.39, 0.29) is 135 Å². The number of hydrogen-bond acceptors (Lipinski definition) is 10. The molecule has 2 radical (unpaired) electrons. The Labute approximate surface area is 411 Å². The van der Waals surface area contributed by atoms with Gasteiger partial charge in [0.15, 0.2) is 0 Å². The average molecular weight is 931 g/mol. The van der Waals surface area contributed by atoms with Crippen molar-refractivity contribution in [3.63, 3.8) is 0 Å². The maximum atomic E-state index is 13.7. The molecule has 2 unspecified atom stereocenters. The Bertz CT molecular complexity index is 2360. The van der Waals surface area contributed by atoms with Gasteiger partial charge in [-0.3, -0.25) is 0 Å². The molecule has 2 aromatic heterocycles. The van der Waals surface area contributed by atoms with Gasteiger partial charge in [0.25, 0.3) is 0 Å². The number of carbonyl (C=O) groups excluding carboxylic acids is 5. The van der Waals surface area contributed by atoms with Gasteiger partial charge in [-0.15, -0.1) is 0 Å². The number of fused-ring (bicyclic) bond motifs is 2. The summed E-state index contributed by atoms with van der Waals surface area (Å²) >= 11 is -2.18. The zero-order valence-electron chi connectivity index (χ0n) is 34.1. The normalized spacial score (nSPS) is 16.7. The molecular weight excluding hydrogens is 888 g/mol. The fourth-order valence-corrected chi connectivity index (χ4v) is 11.9. The van der Waals surface area contributed by atoms with E-state index in [1.54, 1.807) is 13.0 Å². The van der Waals surface area contributed by atoms with Crippen molar-refractivity contribution in [2.75, 3.05) is 13.1 Å². The monoisotopic (exact) mass is 932 g/mol. The summed E-state index contributed by atoms with van der Waals surface area (Å²) in [5.74, 6) is -6.53. The summed E-state index contributed by atoms with van der Waals surface area (Å²) in [4.78, 5) is 72.0.